The van der Waals surface area contributed by atoms with Crippen molar-refractivity contribution in [2.75, 3.05) is 0 Å². The molecule has 3 aromatic heterocycles. The van der Waals surface area contributed by atoms with E-state index in [-0.39, 0.29) is 5.75 Å². The zero-order valence-corrected chi connectivity index (χ0v) is 11.7. The van der Waals surface area contributed by atoms with Gasteiger partial charge in [-0.2, -0.15) is 0 Å². The Morgan fingerprint density at radius 1 is 1.18 bits per heavy atom. The van der Waals surface area contributed by atoms with Crippen LogP contribution in [0, 0.1) is 0 Å². The molecule has 1 aromatic carbocycles. The van der Waals surface area contributed by atoms with Crippen LogP contribution in [0.3, 0.4) is 0 Å². The van der Waals surface area contributed by atoms with Crippen molar-refractivity contribution in [1.29, 1.82) is 0 Å². The van der Waals surface area contributed by atoms with Gasteiger partial charge in [0.05, 0.1) is 30.1 Å². The number of aromatic nitrogens is 6. The number of hydrogen-bond acceptors (Lipinski definition) is 5. The number of rotatable bonds is 2. The first kappa shape index (κ1) is 12.5. The summed E-state index contributed by atoms with van der Waals surface area (Å²) in [6, 6.07) is 7.12. The molecular formula is C15H12N6O. The second-order valence-electron chi connectivity index (χ2n) is 4.94. The number of phenols is 1. The van der Waals surface area contributed by atoms with Crippen molar-refractivity contribution in [3.63, 3.8) is 0 Å². The third-order valence-electron chi connectivity index (χ3n) is 3.54. The lowest BCUT2D eigenvalue weighted by molar-refractivity contribution is 0.480. The highest BCUT2D eigenvalue weighted by Crippen LogP contribution is 2.28. The number of fused-ring (bicyclic) bond motifs is 1. The van der Waals surface area contributed by atoms with Crippen LogP contribution < -0.4 is 0 Å². The Bertz CT molecular complexity index is 971. The van der Waals surface area contributed by atoms with Crippen molar-refractivity contribution >= 4 is 10.9 Å². The zero-order valence-electron chi connectivity index (χ0n) is 11.7. The van der Waals surface area contributed by atoms with Crippen LogP contribution in [0.1, 0.15) is 0 Å². The lowest BCUT2D eigenvalue weighted by Gasteiger charge is -2.06. The largest absolute Gasteiger partial charge is 0.506 e. The summed E-state index contributed by atoms with van der Waals surface area (Å²) in [5, 5.41) is 19.1. The molecule has 0 saturated carbocycles. The van der Waals surface area contributed by atoms with Gasteiger partial charge in [-0.1, -0.05) is 5.21 Å². The Balaban J connectivity index is 1.89. The smallest absolute Gasteiger partial charge is 0.141 e. The molecule has 0 amide bonds. The molecule has 7 heteroatoms. The molecule has 0 spiro atoms. The van der Waals surface area contributed by atoms with Gasteiger partial charge in [-0.15, -0.1) is 5.10 Å². The fraction of sp³-hybridized carbons (Fsp3) is 0.0667. The van der Waals surface area contributed by atoms with Crippen molar-refractivity contribution in [3.05, 3.63) is 49.2 Å². The summed E-state index contributed by atoms with van der Waals surface area (Å²) in [6.07, 6.45) is 6.93. The van der Waals surface area contributed by atoms with Crippen LogP contribution in [-0.4, -0.2) is 34.6 Å². The molecule has 7 nitrogen and oxygen atoms in total. The van der Waals surface area contributed by atoms with Gasteiger partial charge in [0.1, 0.15) is 17.0 Å². The number of aromatic hydroxyl groups is 1. The number of phenolic OH excluding ortho intramolecular Hbond substituents is 1. The second-order valence-corrected chi connectivity index (χ2v) is 4.94. The normalized spacial score (nSPS) is 11.1. The summed E-state index contributed by atoms with van der Waals surface area (Å²) in [6.45, 7) is 0. The van der Waals surface area contributed by atoms with Crippen LogP contribution in [0.4, 0.5) is 0 Å². The zero-order chi connectivity index (χ0) is 15.1. The van der Waals surface area contributed by atoms with Crippen LogP contribution in [0.5, 0.6) is 5.75 Å². The summed E-state index contributed by atoms with van der Waals surface area (Å²) in [5.41, 5.74) is 2.96. The minimum absolute atomic E-state index is 0.145. The van der Waals surface area contributed by atoms with Crippen molar-refractivity contribution < 1.29 is 5.11 Å². The Labute approximate surface area is 125 Å². The van der Waals surface area contributed by atoms with Crippen LogP contribution >= 0.6 is 0 Å². The molecule has 0 saturated heterocycles. The predicted octanol–water partition coefficient (Wildman–Crippen LogP) is 1.92. The molecule has 0 fully saturated rings. The average molecular weight is 292 g/mol. The predicted molar refractivity (Wildman–Crippen MR) is 80.5 cm³/mol. The lowest BCUT2D eigenvalue weighted by Crippen LogP contribution is -1.96. The summed E-state index contributed by atoms with van der Waals surface area (Å²) in [7, 11) is 1.90. The maximum absolute atomic E-state index is 9.91. The first-order chi connectivity index (χ1) is 10.7. The molecule has 0 aliphatic heterocycles. The van der Waals surface area contributed by atoms with Crippen LogP contribution in [0.25, 0.3) is 28.0 Å². The van der Waals surface area contributed by atoms with Gasteiger partial charge in [-0.05, 0) is 24.3 Å². The topological polar surface area (TPSA) is 81.7 Å². The molecule has 0 atom stereocenters. The van der Waals surface area contributed by atoms with Crippen LogP contribution in [0.15, 0.2) is 49.2 Å². The molecule has 22 heavy (non-hydrogen) atoms. The van der Waals surface area contributed by atoms with E-state index >= 15 is 0 Å². The van der Waals surface area contributed by atoms with E-state index in [1.165, 1.54) is 0 Å². The number of aryl methyl sites for hydroxylation is 1. The highest BCUT2D eigenvalue weighted by molar-refractivity contribution is 5.91. The fourth-order valence-electron chi connectivity index (χ4n) is 2.45. The van der Waals surface area contributed by atoms with Gasteiger partial charge < -0.3 is 9.67 Å². The number of nitrogens with zero attached hydrogens (tertiary/aromatic N) is 6. The Morgan fingerprint density at radius 2 is 2.09 bits per heavy atom. The number of hydrogen-bond donors (Lipinski definition) is 1. The standard InChI is InChI=1S/C15H12N6O/c1-20-9-16-7-13(20)11-8-21(19-18-11)12-4-5-14(22)15-10(12)3-2-6-17-15/h2-9,22H,1H3. The Kier molecular flexibility index (Phi) is 2.65. The summed E-state index contributed by atoms with van der Waals surface area (Å²) < 4.78 is 3.55. The Hall–Kier alpha value is -3.22. The maximum Gasteiger partial charge on any atom is 0.141 e. The van der Waals surface area contributed by atoms with E-state index in [9.17, 15) is 5.11 Å². The minimum Gasteiger partial charge on any atom is -0.506 e. The minimum atomic E-state index is 0.145. The molecule has 0 aliphatic rings. The van der Waals surface area contributed by atoms with E-state index in [2.05, 4.69) is 20.3 Å². The molecule has 108 valence electrons. The quantitative estimate of drug-likeness (QED) is 0.610. The first-order valence-electron chi connectivity index (χ1n) is 6.70. The maximum atomic E-state index is 9.91. The highest BCUT2D eigenvalue weighted by atomic mass is 16.3. The second kappa shape index (κ2) is 4.66. The van der Waals surface area contributed by atoms with Crippen molar-refractivity contribution in [2.45, 2.75) is 0 Å². The molecule has 4 rings (SSSR count). The number of pyridine rings is 1. The molecule has 0 aliphatic carbocycles. The molecule has 1 N–H and O–H groups in total. The van der Waals surface area contributed by atoms with E-state index in [1.807, 2.05) is 29.9 Å². The molecule has 0 radical (unpaired) electrons. The van der Waals surface area contributed by atoms with Crippen molar-refractivity contribution in [1.82, 2.24) is 29.5 Å². The van der Waals surface area contributed by atoms with Crippen LogP contribution in [-0.2, 0) is 7.05 Å². The molecular weight excluding hydrogens is 280 g/mol. The SMILES string of the molecule is Cn1cncc1-c1cn(-c2ccc(O)c3ncccc23)nn1. The molecule has 3 heterocycles. The average Bonchev–Trinajstić information content (AvgIpc) is 3.17. The van der Waals surface area contributed by atoms with E-state index in [4.69, 9.17) is 0 Å². The van der Waals surface area contributed by atoms with Gasteiger partial charge in [0.2, 0.25) is 0 Å². The number of benzene rings is 1. The monoisotopic (exact) mass is 292 g/mol. The molecule has 0 unspecified atom stereocenters. The van der Waals surface area contributed by atoms with Crippen LogP contribution in [0.2, 0.25) is 0 Å². The van der Waals surface area contributed by atoms with Gasteiger partial charge in [0, 0.05) is 18.6 Å². The van der Waals surface area contributed by atoms with E-state index in [0.29, 0.717) is 5.52 Å². The number of imidazole rings is 1. The van der Waals surface area contributed by atoms with Gasteiger partial charge in [0.25, 0.3) is 0 Å². The third kappa shape index (κ3) is 1.83. The summed E-state index contributed by atoms with van der Waals surface area (Å²) >= 11 is 0. The summed E-state index contributed by atoms with van der Waals surface area (Å²) in [5.74, 6) is 0.145. The highest BCUT2D eigenvalue weighted by Gasteiger charge is 2.12. The van der Waals surface area contributed by atoms with Gasteiger partial charge >= 0.3 is 0 Å². The Morgan fingerprint density at radius 3 is 2.91 bits per heavy atom. The van der Waals surface area contributed by atoms with E-state index in [0.717, 1.165) is 22.5 Å². The summed E-state index contributed by atoms with van der Waals surface area (Å²) in [4.78, 5) is 8.30. The fourth-order valence-corrected chi connectivity index (χ4v) is 2.45. The van der Waals surface area contributed by atoms with E-state index in [1.54, 1.807) is 35.5 Å². The van der Waals surface area contributed by atoms with E-state index < -0.39 is 0 Å². The molecule has 0 bridgehead atoms. The first-order valence-corrected chi connectivity index (χ1v) is 6.70. The van der Waals surface area contributed by atoms with Gasteiger partial charge in [0.15, 0.2) is 0 Å². The third-order valence-corrected chi connectivity index (χ3v) is 3.54. The lowest BCUT2D eigenvalue weighted by atomic mass is 10.1. The van der Waals surface area contributed by atoms with Gasteiger partial charge in [-0.25, -0.2) is 9.67 Å². The van der Waals surface area contributed by atoms with Crippen molar-refractivity contribution in [3.8, 4) is 22.8 Å². The van der Waals surface area contributed by atoms with Gasteiger partial charge in [-0.3, -0.25) is 4.98 Å². The molecule has 4 aromatic rings. The van der Waals surface area contributed by atoms with Crippen molar-refractivity contribution in [2.24, 2.45) is 7.05 Å².